The number of benzene rings is 1. The van der Waals surface area contributed by atoms with Crippen molar-refractivity contribution < 1.29 is 9.90 Å². The Morgan fingerprint density at radius 2 is 2.08 bits per heavy atom. The van der Waals surface area contributed by atoms with Gasteiger partial charge in [-0.05, 0) is 38.2 Å². The lowest BCUT2D eigenvalue weighted by molar-refractivity contribution is 0.129. The van der Waals surface area contributed by atoms with Crippen LogP contribution in [-0.2, 0) is 6.54 Å². The van der Waals surface area contributed by atoms with Crippen LogP contribution in [0.2, 0.25) is 0 Å². The van der Waals surface area contributed by atoms with E-state index in [-0.39, 0.29) is 18.1 Å². The van der Waals surface area contributed by atoms with Gasteiger partial charge in [-0.2, -0.15) is 0 Å². The van der Waals surface area contributed by atoms with Crippen LogP contribution in [0.15, 0.2) is 30.3 Å². The highest BCUT2D eigenvalue weighted by Gasteiger charge is 2.31. The van der Waals surface area contributed by atoms with Gasteiger partial charge in [0.15, 0.2) is 0 Å². The van der Waals surface area contributed by atoms with E-state index >= 15 is 0 Å². The predicted octanol–water partition coefficient (Wildman–Crippen LogP) is 2.31. The number of aliphatic hydroxyl groups excluding tert-OH is 1. The summed E-state index contributed by atoms with van der Waals surface area (Å²) in [6.07, 6.45) is 1.69. The molecule has 5 heteroatoms. The van der Waals surface area contributed by atoms with Crippen LogP contribution in [0.5, 0.6) is 0 Å². The maximum atomic E-state index is 12.3. The number of hydrogen-bond donors (Lipinski definition) is 2. The molecule has 2 amide bonds. The first-order valence-electron chi connectivity index (χ1n) is 9.51. The number of nitrogens with zero attached hydrogens (tertiary/aromatic N) is 2. The van der Waals surface area contributed by atoms with E-state index in [1.165, 1.54) is 5.56 Å². The van der Waals surface area contributed by atoms with Crippen molar-refractivity contribution in [2.45, 2.75) is 45.4 Å². The van der Waals surface area contributed by atoms with Crippen molar-refractivity contribution in [1.29, 1.82) is 0 Å². The van der Waals surface area contributed by atoms with E-state index in [2.05, 4.69) is 47.5 Å². The fraction of sp³-hybridized carbons (Fsp3) is 0.650. The number of urea groups is 1. The van der Waals surface area contributed by atoms with Gasteiger partial charge in [-0.15, -0.1) is 0 Å². The Labute approximate surface area is 151 Å². The average Bonchev–Trinajstić information content (AvgIpc) is 3.21. The molecule has 2 aliphatic heterocycles. The number of amides is 2. The van der Waals surface area contributed by atoms with Gasteiger partial charge in [0.25, 0.3) is 0 Å². The molecule has 0 aliphatic carbocycles. The van der Waals surface area contributed by atoms with Crippen molar-refractivity contribution in [2.24, 2.45) is 11.8 Å². The molecular formula is C20H31N3O2. The summed E-state index contributed by atoms with van der Waals surface area (Å²) in [5.41, 5.74) is 1.35. The molecule has 2 saturated heterocycles. The molecule has 0 bridgehead atoms. The summed E-state index contributed by atoms with van der Waals surface area (Å²) in [6, 6.07) is 11.2. The fourth-order valence-corrected chi connectivity index (χ4v) is 4.11. The molecule has 0 aromatic heterocycles. The van der Waals surface area contributed by atoms with Crippen LogP contribution in [0.25, 0.3) is 0 Å². The van der Waals surface area contributed by atoms with Crippen molar-refractivity contribution in [3.05, 3.63) is 35.9 Å². The summed E-state index contributed by atoms with van der Waals surface area (Å²) in [7, 11) is 0. The molecule has 2 fully saturated rings. The Hall–Kier alpha value is -1.59. The summed E-state index contributed by atoms with van der Waals surface area (Å²) < 4.78 is 0. The zero-order chi connectivity index (χ0) is 17.8. The average molecular weight is 345 g/mol. The molecular weight excluding hydrogens is 314 g/mol. The summed E-state index contributed by atoms with van der Waals surface area (Å²) >= 11 is 0. The predicted molar refractivity (Wildman–Crippen MR) is 99.2 cm³/mol. The third-order valence-corrected chi connectivity index (χ3v) is 5.76. The number of carbonyl (C=O) groups excluding carboxylic acids is 1. The van der Waals surface area contributed by atoms with Gasteiger partial charge < -0.3 is 15.3 Å². The second-order valence-corrected chi connectivity index (χ2v) is 7.79. The number of aliphatic hydroxyl groups is 1. The highest BCUT2D eigenvalue weighted by molar-refractivity contribution is 5.74. The SMILES string of the molecule is C[C@H](O)[C@@H]1CCN(C(=O)NC[C@H]2C[C@H](C)N(Cc3ccccc3)C2)C1. The van der Waals surface area contributed by atoms with Gasteiger partial charge in [0.1, 0.15) is 0 Å². The number of hydrogen-bond acceptors (Lipinski definition) is 3. The van der Waals surface area contributed by atoms with Crippen molar-refractivity contribution in [1.82, 2.24) is 15.1 Å². The van der Waals surface area contributed by atoms with E-state index in [0.717, 1.165) is 39.0 Å². The Bertz CT molecular complexity index is 563. The second-order valence-electron chi connectivity index (χ2n) is 7.79. The minimum Gasteiger partial charge on any atom is -0.393 e. The third-order valence-electron chi connectivity index (χ3n) is 5.76. The largest absolute Gasteiger partial charge is 0.393 e. The highest BCUT2D eigenvalue weighted by Crippen LogP contribution is 2.25. The van der Waals surface area contributed by atoms with Gasteiger partial charge in [-0.3, -0.25) is 4.90 Å². The molecule has 138 valence electrons. The lowest BCUT2D eigenvalue weighted by Crippen LogP contribution is -2.41. The van der Waals surface area contributed by atoms with Crippen molar-refractivity contribution in [3.63, 3.8) is 0 Å². The first kappa shape index (κ1) is 18.2. The monoisotopic (exact) mass is 345 g/mol. The molecule has 0 spiro atoms. The zero-order valence-electron chi connectivity index (χ0n) is 15.4. The van der Waals surface area contributed by atoms with Gasteiger partial charge in [0.2, 0.25) is 0 Å². The molecule has 1 aromatic carbocycles. The molecule has 3 rings (SSSR count). The molecule has 5 nitrogen and oxygen atoms in total. The van der Waals surface area contributed by atoms with Crippen LogP contribution in [0.3, 0.4) is 0 Å². The smallest absolute Gasteiger partial charge is 0.317 e. The molecule has 2 N–H and O–H groups in total. The summed E-state index contributed by atoms with van der Waals surface area (Å²) in [4.78, 5) is 16.7. The zero-order valence-corrected chi connectivity index (χ0v) is 15.4. The van der Waals surface area contributed by atoms with Crippen molar-refractivity contribution in [2.75, 3.05) is 26.2 Å². The Kier molecular flexibility index (Phi) is 5.97. The van der Waals surface area contributed by atoms with Crippen LogP contribution in [0.1, 0.15) is 32.3 Å². The third kappa shape index (κ3) is 4.73. The molecule has 1 aromatic rings. The normalized spacial score (nSPS) is 28.3. The van der Waals surface area contributed by atoms with Gasteiger partial charge >= 0.3 is 6.03 Å². The number of carbonyl (C=O) groups is 1. The minimum absolute atomic E-state index is 0.0253. The Morgan fingerprint density at radius 3 is 2.76 bits per heavy atom. The lowest BCUT2D eigenvalue weighted by Gasteiger charge is -2.21. The molecule has 0 unspecified atom stereocenters. The van der Waals surface area contributed by atoms with Crippen LogP contribution >= 0.6 is 0 Å². The quantitative estimate of drug-likeness (QED) is 0.861. The van der Waals surface area contributed by atoms with E-state index in [0.29, 0.717) is 18.5 Å². The topological polar surface area (TPSA) is 55.8 Å². The van der Waals surface area contributed by atoms with Crippen LogP contribution in [0.4, 0.5) is 4.79 Å². The van der Waals surface area contributed by atoms with E-state index in [1.807, 2.05) is 11.8 Å². The van der Waals surface area contributed by atoms with Crippen molar-refractivity contribution in [3.8, 4) is 0 Å². The summed E-state index contributed by atoms with van der Waals surface area (Å²) in [6.45, 7) is 8.27. The molecule has 2 heterocycles. The van der Waals surface area contributed by atoms with Gasteiger partial charge in [0, 0.05) is 44.7 Å². The Balaban J connectivity index is 1.43. The van der Waals surface area contributed by atoms with Crippen LogP contribution < -0.4 is 5.32 Å². The molecule has 0 saturated carbocycles. The molecule has 4 atom stereocenters. The van der Waals surface area contributed by atoms with E-state index < -0.39 is 0 Å². The lowest BCUT2D eigenvalue weighted by atomic mass is 10.0. The number of likely N-dealkylation sites (tertiary alicyclic amines) is 2. The maximum Gasteiger partial charge on any atom is 0.317 e. The van der Waals surface area contributed by atoms with Crippen LogP contribution in [0, 0.1) is 11.8 Å². The van der Waals surface area contributed by atoms with Gasteiger partial charge in [-0.1, -0.05) is 30.3 Å². The van der Waals surface area contributed by atoms with Gasteiger partial charge in [0.05, 0.1) is 6.10 Å². The maximum absolute atomic E-state index is 12.3. The molecule has 25 heavy (non-hydrogen) atoms. The first-order valence-corrected chi connectivity index (χ1v) is 9.51. The van der Waals surface area contributed by atoms with E-state index in [9.17, 15) is 9.90 Å². The van der Waals surface area contributed by atoms with Crippen LogP contribution in [-0.4, -0.2) is 59.3 Å². The summed E-state index contributed by atoms with van der Waals surface area (Å²) in [5, 5.41) is 12.8. The second kappa shape index (κ2) is 8.19. The van der Waals surface area contributed by atoms with E-state index in [4.69, 9.17) is 0 Å². The first-order chi connectivity index (χ1) is 12.0. The van der Waals surface area contributed by atoms with Crippen molar-refractivity contribution >= 4 is 6.03 Å². The van der Waals surface area contributed by atoms with E-state index in [1.54, 1.807) is 0 Å². The standard InChI is InChI=1S/C20H31N3O2/c1-15-10-18(13-23(15)12-17-6-4-3-5-7-17)11-21-20(25)22-9-8-19(14-22)16(2)24/h3-7,15-16,18-19,24H,8-14H2,1-2H3,(H,21,25)/t15-,16-,18+,19+/m0/s1. The number of nitrogens with one attached hydrogen (secondary N) is 1. The fourth-order valence-electron chi connectivity index (χ4n) is 4.11. The highest BCUT2D eigenvalue weighted by atomic mass is 16.3. The minimum atomic E-state index is -0.333. The number of rotatable bonds is 5. The summed E-state index contributed by atoms with van der Waals surface area (Å²) in [5.74, 6) is 0.733. The molecule has 2 aliphatic rings. The molecule has 0 radical (unpaired) electrons. The Morgan fingerprint density at radius 1 is 1.32 bits per heavy atom. The van der Waals surface area contributed by atoms with Gasteiger partial charge in [-0.25, -0.2) is 4.79 Å².